The number of amides is 1. The molecule has 24 heavy (non-hydrogen) atoms. The minimum atomic E-state index is -0.400. The van der Waals surface area contributed by atoms with Gasteiger partial charge in [-0.3, -0.25) is 9.69 Å². The zero-order valence-corrected chi connectivity index (χ0v) is 13.3. The standard InChI is InChI=1S/C17H20FN3O3/c18-14-5-2-1-4-13(14)15-12-16(24-20-15)17(22)19-6-3-7-21-8-10-23-11-9-21/h1-2,4-5,12H,3,6-11H2,(H,19,22). The van der Waals surface area contributed by atoms with Crippen LogP contribution in [-0.2, 0) is 4.74 Å². The minimum absolute atomic E-state index is 0.0830. The molecule has 1 saturated heterocycles. The van der Waals surface area contributed by atoms with Crippen molar-refractivity contribution >= 4 is 5.91 Å². The van der Waals surface area contributed by atoms with Gasteiger partial charge in [-0.05, 0) is 25.1 Å². The van der Waals surface area contributed by atoms with Crippen LogP contribution in [0.3, 0.4) is 0 Å². The van der Waals surface area contributed by atoms with E-state index in [2.05, 4.69) is 15.4 Å². The number of rotatable bonds is 6. The van der Waals surface area contributed by atoms with Crippen LogP contribution in [0, 0.1) is 5.82 Å². The third-order valence-electron chi connectivity index (χ3n) is 3.92. The summed E-state index contributed by atoms with van der Waals surface area (Å²) in [6, 6.07) is 7.70. The number of nitrogens with one attached hydrogen (secondary N) is 1. The van der Waals surface area contributed by atoms with Crippen molar-refractivity contribution in [2.45, 2.75) is 6.42 Å². The number of benzene rings is 1. The summed E-state index contributed by atoms with van der Waals surface area (Å²) >= 11 is 0. The maximum Gasteiger partial charge on any atom is 0.289 e. The fraction of sp³-hybridized carbons (Fsp3) is 0.412. The number of hydrogen-bond acceptors (Lipinski definition) is 5. The van der Waals surface area contributed by atoms with E-state index in [4.69, 9.17) is 9.26 Å². The van der Waals surface area contributed by atoms with Gasteiger partial charge in [-0.2, -0.15) is 0 Å². The maximum atomic E-state index is 13.7. The lowest BCUT2D eigenvalue weighted by Gasteiger charge is -2.26. The van der Waals surface area contributed by atoms with Crippen LogP contribution in [-0.4, -0.2) is 55.4 Å². The Bertz CT molecular complexity index is 683. The normalized spacial score (nSPS) is 15.4. The van der Waals surface area contributed by atoms with Crippen LogP contribution in [0.4, 0.5) is 4.39 Å². The molecule has 128 valence electrons. The van der Waals surface area contributed by atoms with E-state index in [0.717, 1.165) is 39.3 Å². The van der Waals surface area contributed by atoms with Crippen molar-refractivity contribution in [1.29, 1.82) is 0 Å². The van der Waals surface area contributed by atoms with Gasteiger partial charge in [0.25, 0.3) is 5.91 Å². The van der Waals surface area contributed by atoms with Gasteiger partial charge in [-0.1, -0.05) is 17.3 Å². The zero-order chi connectivity index (χ0) is 16.8. The quantitative estimate of drug-likeness (QED) is 0.818. The third kappa shape index (κ3) is 4.18. The fourth-order valence-electron chi connectivity index (χ4n) is 2.59. The van der Waals surface area contributed by atoms with E-state index >= 15 is 0 Å². The van der Waals surface area contributed by atoms with E-state index in [1.165, 1.54) is 12.1 Å². The largest absolute Gasteiger partial charge is 0.379 e. The Morgan fingerprint density at radius 3 is 2.88 bits per heavy atom. The average Bonchev–Trinajstić information content (AvgIpc) is 3.10. The lowest BCUT2D eigenvalue weighted by atomic mass is 10.1. The summed E-state index contributed by atoms with van der Waals surface area (Å²) in [6.07, 6.45) is 0.847. The molecule has 1 aromatic heterocycles. The number of carbonyl (C=O) groups is 1. The number of morpholine rings is 1. The van der Waals surface area contributed by atoms with Crippen molar-refractivity contribution in [3.8, 4) is 11.3 Å². The average molecular weight is 333 g/mol. The van der Waals surface area contributed by atoms with Crippen LogP contribution in [0.2, 0.25) is 0 Å². The molecule has 0 aliphatic carbocycles. The summed E-state index contributed by atoms with van der Waals surface area (Å²) in [5.74, 6) is -0.657. The Morgan fingerprint density at radius 2 is 2.08 bits per heavy atom. The van der Waals surface area contributed by atoms with Crippen LogP contribution in [0.5, 0.6) is 0 Å². The summed E-state index contributed by atoms with van der Waals surface area (Å²) in [5.41, 5.74) is 0.624. The third-order valence-corrected chi connectivity index (χ3v) is 3.92. The lowest BCUT2D eigenvalue weighted by Crippen LogP contribution is -2.38. The van der Waals surface area contributed by atoms with Crippen LogP contribution in [0.15, 0.2) is 34.9 Å². The maximum absolute atomic E-state index is 13.7. The molecule has 6 nitrogen and oxygen atoms in total. The summed E-state index contributed by atoms with van der Waals surface area (Å²) < 4.78 is 24.0. The predicted octanol–water partition coefficient (Wildman–Crippen LogP) is 1.93. The van der Waals surface area contributed by atoms with E-state index in [1.54, 1.807) is 18.2 Å². The summed E-state index contributed by atoms with van der Waals surface area (Å²) in [6.45, 7) is 4.86. The lowest BCUT2D eigenvalue weighted by molar-refractivity contribution is 0.0374. The molecule has 0 atom stereocenters. The first kappa shape index (κ1) is 16.6. The Labute approximate surface area is 139 Å². The van der Waals surface area contributed by atoms with Crippen molar-refractivity contribution in [2.24, 2.45) is 0 Å². The summed E-state index contributed by atoms with van der Waals surface area (Å²) in [5, 5.41) is 6.57. The van der Waals surface area contributed by atoms with Gasteiger partial charge in [-0.15, -0.1) is 0 Å². The molecule has 0 saturated carbocycles. The molecule has 3 rings (SSSR count). The number of hydrogen-bond donors (Lipinski definition) is 1. The number of halogens is 1. The van der Waals surface area contributed by atoms with Crippen LogP contribution < -0.4 is 5.32 Å². The van der Waals surface area contributed by atoms with Gasteiger partial charge in [0.2, 0.25) is 5.76 Å². The second kappa shape index (κ2) is 8.03. The molecule has 1 aliphatic rings. The molecule has 0 radical (unpaired) electrons. The molecule has 1 aliphatic heterocycles. The van der Waals surface area contributed by atoms with Crippen LogP contribution in [0.1, 0.15) is 17.0 Å². The van der Waals surface area contributed by atoms with Gasteiger partial charge in [0.15, 0.2) is 0 Å². The monoisotopic (exact) mass is 333 g/mol. The highest BCUT2D eigenvalue weighted by molar-refractivity contribution is 5.92. The second-order valence-corrected chi connectivity index (χ2v) is 5.62. The van der Waals surface area contributed by atoms with Gasteiger partial charge in [0.1, 0.15) is 11.5 Å². The van der Waals surface area contributed by atoms with E-state index in [-0.39, 0.29) is 11.7 Å². The SMILES string of the molecule is O=C(NCCCN1CCOCC1)c1cc(-c2ccccc2F)no1. The molecule has 7 heteroatoms. The molecule has 0 spiro atoms. The predicted molar refractivity (Wildman–Crippen MR) is 86.1 cm³/mol. The fourth-order valence-corrected chi connectivity index (χ4v) is 2.59. The molecule has 1 amide bonds. The highest BCUT2D eigenvalue weighted by Crippen LogP contribution is 2.21. The Morgan fingerprint density at radius 1 is 1.29 bits per heavy atom. The number of nitrogens with zero attached hydrogens (tertiary/aromatic N) is 2. The first-order valence-electron chi connectivity index (χ1n) is 8.04. The van der Waals surface area contributed by atoms with E-state index in [9.17, 15) is 9.18 Å². The number of ether oxygens (including phenoxy) is 1. The molecule has 0 bridgehead atoms. The molecule has 1 aromatic carbocycles. The topological polar surface area (TPSA) is 67.6 Å². The van der Waals surface area contributed by atoms with E-state index < -0.39 is 5.82 Å². The van der Waals surface area contributed by atoms with Gasteiger partial charge >= 0.3 is 0 Å². The van der Waals surface area contributed by atoms with Crippen LogP contribution in [0.25, 0.3) is 11.3 Å². The number of aromatic nitrogens is 1. The zero-order valence-electron chi connectivity index (χ0n) is 13.3. The van der Waals surface area contributed by atoms with Crippen molar-refractivity contribution in [3.63, 3.8) is 0 Å². The first-order chi connectivity index (χ1) is 11.7. The van der Waals surface area contributed by atoms with Gasteiger partial charge in [0.05, 0.1) is 13.2 Å². The summed E-state index contributed by atoms with van der Waals surface area (Å²) in [7, 11) is 0. The molecule has 2 aromatic rings. The van der Waals surface area contributed by atoms with E-state index in [1.807, 2.05) is 0 Å². The second-order valence-electron chi connectivity index (χ2n) is 5.62. The molecular formula is C17H20FN3O3. The van der Waals surface area contributed by atoms with Gasteiger partial charge < -0.3 is 14.6 Å². The summed E-state index contributed by atoms with van der Waals surface area (Å²) in [4.78, 5) is 14.4. The Hall–Kier alpha value is -2.25. The Balaban J connectivity index is 1.48. The van der Waals surface area contributed by atoms with Crippen molar-refractivity contribution in [1.82, 2.24) is 15.4 Å². The number of carbonyl (C=O) groups excluding carboxylic acids is 1. The van der Waals surface area contributed by atoms with Crippen molar-refractivity contribution < 1.29 is 18.4 Å². The van der Waals surface area contributed by atoms with Gasteiger partial charge in [0, 0.05) is 31.3 Å². The molecule has 2 heterocycles. The molecular weight excluding hydrogens is 313 g/mol. The highest BCUT2D eigenvalue weighted by Gasteiger charge is 2.16. The van der Waals surface area contributed by atoms with Gasteiger partial charge in [-0.25, -0.2) is 4.39 Å². The highest BCUT2D eigenvalue weighted by atomic mass is 19.1. The first-order valence-corrected chi connectivity index (χ1v) is 8.04. The Kier molecular flexibility index (Phi) is 5.55. The molecule has 1 fully saturated rings. The van der Waals surface area contributed by atoms with Crippen LogP contribution >= 0.6 is 0 Å². The van der Waals surface area contributed by atoms with Crippen molar-refractivity contribution in [2.75, 3.05) is 39.4 Å². The molecule has 1 N–H and O–H groups in total. The molecule has 0 unspecified atom stereocenters. The van der Waals surface area contributed by atoms with Crippen molar-refractivity contribution in [3.05, 3.63) is 41.9 Å². The van der Waals surface area contributed by atoms with E-state index in [0.29, 0.717) is 17.8 Å². The smallest absolute Gasteiger partial charge is 0.289 e. The minimum Gasteiger partial charge on any atom is -0.379 e.